The first-order valence-electron chi connectivity index (χ1n) is 6.80. The third-order valence-corrected chi connectivity index (χ3v) is 5.20. The lowest BCUT2D eigenvalue weighted by Gasteiger charge is -2.24. The lowest BCUT2D eigenvalue weighted by molar-refractivity contribution is -0.137. The predicted octanol–water partition coefficient (Wildman–Crippen LogP) is 0.361. The van der Waals surface area contributed by atoms with Gasteiger partial charge in [0.15, 0.2) is 5.82 Å². The highest BCUT2D eigenvalue weighted by molar-refractivity contribution is 7.89. The van der Waals surface area contributed by atoms with Crippen molar-refractivity contribution < 1.29 is 18.3 Å². The van der Waals surface area contributed by atoms with Crippen molar-refractivity contribution in [2.45, 2.75) is 24.8 Å². The largest absolute Gasteiger partial charge is 0.480 e. The van der Waals surface area contributed by atoms with Crippen LogP contribution < -0.4 is 0 Å². The van der Waals surface area contributed by atoms with Gasteiger partial charge in [-0.3, -0.25) is 4.79 Å². The normalized spacial score (nSPS) is 12.0. The molecule has 0 radical (unpaired) electrons. The Morgan fingerprint density at radius 2 is 2.09 bits per heavy atom. The van der Waals surface area contributed by atoms with Gasteiger partial charge in [-0.05, 0) is 36.4 Å². The number of aryl methyl sites for hydroxylation is 1. The number of tetrazole rings is 1. The van der Waals surface area contributed by atoms with E-state index in [0.717, 1.165) is 4.31 Å². The number of carbonyl (C=O) groups is 1. The minimum atomic E-state index is -3.95. The van der Waals surface area contributed by atoms with Gasteiger partial charge in [-0.15, -0.1) is 5.10 Å². The van der Waals surface area contributed by atoms with Crippen LogP contribution in [-0.4, -0.2) is 56.6 Å². The van der Waals surface area contributed by atoms with E-state index in [2.05, 4.69) is 15.5 Å². The number of nitrogens with zero attached hydrogens (tertiary/aromatic N) is 5. The van der Waals surface area contributed by atoms with Gasteiger partial charge in [0.1, 0.15) is 6.54 Å². The van der Waals surface area contributed by atoms with E-state index in [1.54, 1.807) is 33.0 Å². The Hall–Kier alpha value is -2.33. The summed E-state index contributed by atoms with van der Waals surface area (Å²) in [7, 11) is -2.31. The second kappa shape index (κ2) is 6.42. The first-order chi connectivity index (χ1) is 10.7. The van der Waals surface area contributed by atoms with Gasteiger partial charge in [0.05, 0.1) is 4.90 Å². The van der Waals surface area contributed by atoms with E-state index in [1.807, 2.05) is 0 Å². The van der Waals surface area contributed by atoms with Gasteiger partial charge in [0.2, 0.25) is 10.0 Å². The Bertz CT molecular complexity index is 815. The summed E-state index contributed by atoms with van der Waals surface area (Å²) in [5.41, 5.74) is 0.526. The summed E-state index contributed by atoms with van der Waals surface area (Å²) < 4.78 is 27.8. The van der Waals surface area contributed by atoms with Crippen LogP contribution >= 0.6 is 0 Å². The zero-order chi connectivity index (χ0) is 17.2. The SMILES string of the molecule is CC(C)N(CC(=O)O)S(=O)(=O)c1cccc(-c2nnnn2C)c1. The van der Waals surface area contributed by atoms with Crippen LogP contribution in [0, 0.1) is 0 Å². The summed E-state index contributed by atoms with van der Waals surface area (Å²) in [4.78, 5) is 10.9. The molecule has 0 aliphatic heterocycles. The molecule has 0 atom stereocenters. The minimum absolute atomic E-state index is 0.00653. The Balaban J connectivity index is 2.48. The average Bonchev–Trinajstić information content (AvgIpc) is 2.90. The zero-order valence-electron chi connectivity index (χ0n) is 12.9. The number of carboxylic acid groups (broad SMARTS) is 1. The molecule has 1 heterocycles. The van der Waals surface area contributed by atoms with Gasteiger partial charge in [-0.1, -0.05) is 12.1 Å². The fraction of sp³-hybridized carbons (Fsp3) is 0.385. The number of aromatic nitrogens is 4. The van der Waals surface area contributed by atoms with Crippen molar-refractivity contribution in [3.05, 3.63) is 24.3 Å². The Kier molecular flexibility index (Phi) is 4.76. The van der Waals surface area contributed by atoms with Gasteiger partial charge >= 0.3 is 5.97 Å². The molecule has 2 rings (SSSR count). The van der Waals surface area contributed by atoms with E-state index >= 15 is 0 Å². The third kappa shape index (κ3) is 3.54. The fourth-order valence-corrected chi connectivity index (χ4v) is 3.72. The number of aliphatic carboxylic acids is 1. The molecule has 0 saturated carbocycles. The molecule has 0 unspecified atom stereocenters. The highest BCUT2D eigenvalue weighted by atomic mass is 32.2. The summed E-state index contributed by atoms with van der Waals surface area (Å²) in [6.45, 7) is 2.64. The molecule has 10 heteroatoms. The molecule has 0 amide bonds. The quantitative estimate of drug-likeness (QED) is 0.807. The second-order valence-electron chi connectivity index (χ2n) is 5.19. The van der Waals surface area contributed by atoms with Gasteiger partial charge < -0.3 is 5.11 Å². The molecule has 9 nitrogen and oxygen atoms in total. The van der Waals surface area contributed by atoms with Crippen LogP contribution in [0.2, 0.25) is 0 Å². The van der Waals surface area contributed by atoms with E-state index in [4.69, 9.17) is 5.11 Å². The molecule has 0 saturated heterocycles. The van der Waals surface area contributed by atoms with Crippen molar-refractivity contribution in [3.8, 4) is 11.4 Å². The van der Waals surface area contributed by atoms with Crippen LogP contribution in [0.15, 0.2) is 29.2 Å². The molecule has 1 aromatic carbocycles. The van der Waals surface area contributed by atoms with Crippen LogP contribution in [0.4, 0.5) is 0 Å². The molecule has 124 valence electrons. The molecule has 0 fully saturated rings. The lowest BCUT2D eigenvalue weighted by atomic mass is 10.2. The molecule has 0 aliphatic rings. The molecule has 1 aromatic heterocycles. The molecule has 0 bridgehead atoms. The van der Waals surface area contributed by atoms with E-state index in [9.17, 15) is 13.2 Å². The Morgan fingerprint density at radius 1 is 1.39 bits per heavy atom. The van der Waals surface area contributed by atoms with Crippen LogP contribution in [-0.2, 0) is 21.9 Å². The number of hydrogen-bond donors (Lipinski definition) is 1. The fourth-order valence-electron chi connectivity index (χ4n) is 2.08. The van der Waals surface area contributed by atoms with Gasteiger partial charge in [0.25, 0.3) is 0 Å². The van der Waals surface area contributed by atoms with Gasteiger partial charge in [0, 0.05) is 18.7 Å². The summed E-state index contributed by atoms with van der Waals surface area (Å²) in [6, 6.07) is 5.60. The van der Waals surface area contributed by atoms with Crippen molar-refractivity contribution >= 4 is 16.0 Å². The highest BCUT2D eigenvalue weighted by Gasteiger charge is 2.29. The number of carboxylic acids is 1. The van der Waals surface area contributed by atoms with Gasteiger partial charge in [-0.2, -0.15) is 4.31 Å². The highest BCUT2D eigenvalue weighted by Crippen LogP contribution is 2.23. The standard InChI is InChI=1S/C13H17N5O4S/c1-9(2)18(8-12(19)20)23(21,22)11-6-4-5-10(7-11)13-14-15-16-17(13)3/h4-7,9H,8H2,1-3H3,(H,19,20). The maximum atomic E-state index is 12.7. The average molecular weight is 339 g/mol. The first kappa shape index (κ1) is 17.0. The Labute approximate surface area is 133 Å². The Morgan fingerprint density at radius 3 is 2.61 bits per heavy atom. The monoisotopic (exact) mass is 339 g/mol. The topological polar surface area (TPSA) is 118 Å². The van der Waals surface area contributed by atoms with Crippen molar-refractivity contribution in [2.75, 3.05) is 6.54 Å². The van der Waals surface area contributed by atoms with Crippen molar-refractivity contribution in [2.24, 2.45) is 7.05 Å². The van der Waals surface area contributed by atoms with Crippen LogP contribution in [0.1, 0.15) is 13.8 Å². The zero-order valence-corrected chi connectivity index (χ0v) is 13.7. The second-order valence-corrected chi connectivity index (χ2v) is 7.08. The maximum absolute atomic E-state index is 12.7. The molecule has 0 spiro atoms. The number of benzene rings is 1. The summed E-state index contributed by atoms with van der Waals surface area (Å²) in [5.74, 6) is -0.799. The summed E-state index contributed by atoms with van der Waals surface area (Å²) in [5, 5.41) is 20.0. The summed E-state index contributed by atoms with van der Waals surface area (Å²) in [6.07, 6.45) is 0. The molecule has 2 aromatic rings. The van der Waals surface area contributed by atoms with E-state index in [-0.39, 0.29) is 4.90 Å². The molecule has 23 heavy (non-hydrogen) atoms. The number of hydrogen-bond acceptors (Lipinski definition) is 6. The number of sulfonamides is 1. The molecular weight excluding hydrogens is 322 g/mol. The maximum Gasteiger partial charge on any atom is 0.318 e. The van der Waals surface area contributed by atoms with Crippen molar-refractivity contribution in [1.29, 1.82) is 0 Å². The molecular formula is C13H17N5O4S. The number of rotatable bonds is 6. The smallest absolute Gasteiger partial charge is 0.318 e. The van der Waals surface area contributed by atoms with Gasteiger partial charge in [-0.25, -0.2) is 13.1 Å². The van der Waals surface area contributed by atoms with E-state index in [0.29, 0.717) is 11.4 Å². The van der Waals surface area contributed by atoms with Crippen LogP contribution in [0.25, 0.3) is 11.4 Å². The van der Waals surface area contributed by atoms with Crippen molar-refractivity contribution in [1.82, 2.24) is 24.5 Å². The van der Waals surface area contributed by atoms with Crippen LogP contribution in [0.3, 0.4) is 0 Å². The van der Waals surface area contributed by atoms with Crippen LogP contribution in [0.5, 0.6) is 0 Å². The minimum Gasteiger partial charge on any atom is -0.480 e. The molecule has 1 N–H and O–H groups in total. The summed E-state index contributed by atoms with van der Waals surface area (Å²) >= 11 is 0. The first-order valence-corrected chi connectivity index (χ1v) is 8.24. The van der Waals surface area contributed by atoms with E-state index in [1.165, 1.54) is 16.8 Å². The van der Waals surface area contributed by atoms with E-state index < -0.39 is 28.6 Å². The predicted molar refractivity (Wildman–Crippen MR) is 80.9 cm³/mol. The molecule has 0 aliphatic carbocycles. The van der Waals surface area contributed by atoms with Crippen molar-refractivity contribution in [3.63, 3.8) is 0 Å². The lowest BCUT2D eigenvalue weighted by Crippen LogP contribution is -2.40. The third-order valence-electron chi connectivity index (χ3n) is 3.19.